The van der Waals surface area contributed by atoms with E-state index in [0.717, 1.165) is 49.0 Å². The third-order valence-corrected chi connectivity index (χ3v) is 6.93. The molecule has 2 fully saturated rings. The molecular formula is C26H28N6O2. The van der Waals surface area contributed by atoms with E-state index < -0.39 is 0 Å². The molecule has 1 saturated carbocycles. The van der Waals surface area contributed by atoms with Crippen LogP contribution in [0.15, 0.2) is 53.2 Å². The Labute approximate surface area is 198 Å². The van der Waals surface area contributed by atoms with Crippen molar-refractivity contribution in [2.24, 2.45) is 0 Å². The monoisotopic (exact) mass is 456 g/mol. The lowest BCUT2D eigenvalue weighted by molar-refractivity contribution is 0.0940. The lowest BCUT2D eigenvalue weighted by Crippen LogP contribution is -2.40. The van der Waals surface area contributed by atoms with E-state index in [1.807, 2.05) is 36.4 Å². The van der Waals surface area contributed by atoms with Crippen molar-refractivity contribution in [3.63, 3.8) is 0 Å². The van der Waals surface area contributed by atoms with Gasteiger partial charge in [-0.2, -0.15) is 5.10 Å². The van der Waals surface area contributed by atoms with Crippen molar-refractivity contribution in [3.05, 3.63) is 60.0 Å². The quantitative estimate of drug-likeness (QED) is 0.449. The molecule has 0 bridgehead atoms. The average Bonchev–Trinajstić information content (AvgIpc) is 3.27. The van der Waals surface area contributed by atoms with E-state index in [1.165, 1.54) is 6.42 Å². The molecule has 0 radical (unpaired) electrons. The van der Waals surface area contributed by atoms with Crippen LogP contribution in [0.2, 0.25) is 0 Å². The van der Waals surface area contributed by atoms with Gasteiger partial charge >= 0.3 is 0 Å². The molecule has 4 heterocycles. The standard InChI is InChI=1S/C26H28N6O2/c1-2-31-13-5-7-19(31)15-28-25(33)20-16-29-32(24(20)17-9-10-17)26-27-12-11-21(30-26)23-14-18-6-3-4-8-22(18)34-23/h3-4,6,8,11-12,14,16-17,19H,2,5,7,9-10,13,15H2,1H3,(H,28,33). The van der Waals surface area contributed by atoms with Gasteiger partial charge in [0.25, 0.3) is 11.9 Å². The number of fused-ring (bicyclic) bond motifs is 1. The molecule has 1 saturated heterocycles. The Morgan fingerprint density at radius 2 is 2.09 bits per heavy atom. The van der Waals surface area contributed by atoms with Gasteiger partial charge in [-0.15, -0.1) is 0 Å². The number of hydrogen-bond donors (Lipinski definition) is 1. The molecule has 174 valence electrons. The predicted molar refractivity (Wildman–Crippen MR) is 129 cm³/mol. The Kier molecular flexibility index (Phi) is 5.37. The van der Waals surface area contributed by atoms with E-state index in [4.69, 9.17) is 9.40 Å². The number of benzene rings is 1. The predicted octanol–water partition coefficient (Wildman–Crippen LogP) is 4.17. The maximum atomic E-state index is 13.1. The zero-order valence-corrected chi connectivity index (χ0v) is 19.3. The minimum atomic E-state index is -0.0652. The number of amides is 1. The van der Waals surface area contributed by atoms with E-state index in [-0.39, 0.29) is 5.91 Å². The lowest BCUT2D eigenvalue weighted by atomic mass is 10.1. The first-order valence-corrected chi connectivity index (χ1v) is 12.1. The van der Waals surface area contributed by atoms with Crippen molar-refractivity contribution in [1.29, 1.82) is 0 Å². The highest BCUT2D eigenvalue weighted by molar-refractivity contribution is 5.95. The van der Waals surface area contributed by atoms with Gasteiger partial charge in [0.05, 0.1) is 17.5 Å². The molecule has 2 aliphatic rings. The van der Waals surface area contributed by atoms with Gasteiger partial charge < -0.3 is 9.73 Å². The molecule has 1 unspecified atom stereocenters. The second kappa shape index (κ2) is 8.68. The fourth-order valence-corrected chi connectivity index (χ4v) is 4.99. The summed E-state index contributed by atoms with van der Waals surface area (Å²) in [6.07, 6.45) is 7.78. The normalized spacial score (nSPS) is 18.6. The van der Waals surface area contributed by atoms with Crippen LogP contribution in [0.5, 0.6) is 0 Å². The summed E-state index contributed by atoms with van der Waals surface area (Å²) in [4.78, 5) is 24.8. The van der Waals surface area contributed by atoms with Crippen molar-refractivity contribution in [2.75, 3.05) is 19.6 Å². The van der Waals surface area contributed by atoms with Crippen LogP contribution in [-0.2, 0) is 0 Å². The van der Waals surface area contributed by atoms with Gasteiger partial charge in [-0.25, -0.2) is 14.6 Å². The average molecular weight is 457 g/mol. The number of carbonyl (C=O) groups excluding carboxylic acids is 1. The Bertz CT molecular complexity index is 1310. The van der Waals surface area contributed by atoms with Crippen LogP contribution in [0.3, 0.4) is 0 Å². The number of likely N-dealkylation sites (tertiary alicyclic amines) is 1. The molecule has 1 aliphatic carbocycles. The highest BCUT2D eigenvalue weighted by Crippen LogP contribution is 2.42. The number of carbonyl (C=O) groups is 1. The van der Waals surface area contributed by atoms with Crippen molar-refractivity contribution in [2.45, 2.75) is 44.6 Å². The molecule has 0 spiro atoms. The molecule has 1 aliphatic heterocycles. The number of rotatable bonds is 7. The largest absolute Gasteiger partial charge is 0.454 e. The number of nitrogens with zero attached hydrogens (tertiary/aromatic N) is 5. The van der Waals surface area contributed by atoms with Gasteiger partial charge in [0.2, 0.25) is 0 Å². The summed E-state index contributed by atoms with van der Waals surface area (Å²) in [5.74, 6) is 1.37. The fourth-order valence-electron chi connectivity index (χ4n) is 4.99. The summed E-state index contributed by atoms with van der Waals surface area (Å²) in [6, 6.07) is 12.1. The molecule has 1 atom stereocenters. The molecule has 3 aromatic heterocycles. The maximum absolute atomic E-state index is 13.1. The molecule has 1 amide bonds. The SMILES string of the molecule is CCN1CCCC1CNC(=O)c1cnn(-c2nccc(-c3cc4ccccc4o3)n2)c1C1CC1. The van der Waals surface area contributed by atoms with E-state index in [9.17, 15) is 4.79 Å². The Balaban J connectivity index is 1.28. The van der Waals surface area contributed by atoms with E-state index in [1.54, 1.807) is 17.1 Å². The molecule has 34 heavy (non-hydrogen) atoms. The number of para-hydroxylation sites is 1. The third-order valence-electron chi connectivity index (χ3n) is 6.93. The summed E-state index contributed by atoms with van der Waals surface area (Å²) in [5, 5.41) is 8.73. The Morgan fingerprint density at radius 3 is 2.91 bits per heavy atom. The Morgan fingerprint density at radius 1 is 1.21 bits per heavy atom. The van der Waals surface area contributed by atoms with Gasteiger partial charge in [-0.3, -0.25) is 9.69 Å². The van der Waals surface area contributed by atoms with Gasteiger partial charge in [0, 0.05) is 30.1 Å². The highest BCUT2D eigenvalue weighted by atomic mass is 16.3. The zero-order chi connectivity index (χ0) is 23.1. The van der Waals surface area contributed by atoms with E-state index >= 15 is 0 Å². The van der Waals surface area contributed by atoms with Crippen LogP contribution >= 0.6 is 0 Å². The summed E-state index contributed by atoms with van der Waals surface area (Å²) < 4.78 is 7.72. The number of furan rings is 1. The van der Waals surface area contributed by atoms with Crippen LogP contribution in [0.1, 0.15) is 54.6 Å². The maximum Gasteiger partial charge on any atom is 0.254 e. The van der Waals surface area contributed by atoms with Crippen LogP contribution in [0, 0.1) is 0 Å². The molecule has 1 N–H and O–H groups in total. The van der Waals surface area contributed by atoms with E-state index in [2.05, 4.69) is 27.2 Å². The Hall–Kier alpha value is -3.52. The summed E-state index contributed by atoms with van der Waals surface area (Å²) >= 11 is 0. The molecule has 6 rings (SSSR count). The van der Waals surface area contributed by atoms with Crippen molar-refractivity contribution in [3.8, 4) is 17.4 Å². The lowest BCUT2D eigenvalue weighted by Gasteiger charge is -2.22. The summed E-state index contributed by atoms with van der Waals surface area (Å²) in [5.41, 5.74) is 3.03. The minimum absolute atomic E-state index is 0.0652. The molecule has 1 aromatic carbocycles. The topological polar surface area (TPSA) is 89.1 Å². The van der Waals surface area contributed by atoms with Gasteiger partial charge in [-0.05, 0) is 57.0 Å². The van der Waals surface area contributed by atoms with Crippen LogP contribution < -0.4 is 5.32 Å². The van der Waals surface area contributed by atoms with Crippen molar-refractivity contribution >= 4 is 16.9 Å². The molecular weight excluding hydrogens is 428 g/mol. The number of hydrogen-bond acceptors (Lipinski definition) is 6. The highest BCUT2D eigenvalue weighted by Gasteiger charge is 2.34. The van der Waals surface area contributed by atoms with Crippen LogP contribution in [0.4, 0.5) is 0 Å². The van der Waals surface area contributed by atoms with Gasteiger partial charge in [0.15, 0.2) is 5.76 Å². The molecule has 8 heteroatoms. The van der Waals surface area contributed by atoms with E-state index in [0.29, 0.717) is 41.5 Å². The summed E-state index contributed by atoms with van der Waals surface area (Å²) in [7, 11) is 0. The first-order chi connectivity index (χ1) is 16.7. The number of likely N-dealkylation sites (N-methyl/N-ethyl adjacent to an activating group) is 1. The number of nitrogens with one attached hydrogen (secondary N) is 1. The van der Waals surface area contributed by atoms with Crippen LogP contribution in [-0.4, -0.2) is 56.2 Å². The number of aromatic nitrogens is 4. The molecule has 4 aromatic rings. The first-order valence-electron chi connectivity index (χ1n) is 12.1. The van der Waals surface area contributed by atoms with Crippen molar-refractivity contribution in [1.82, 2.24) is 30.0 Å². The van der Waals surface area contributed by atoms with Crippen LogP contribution in [0.25, 0.3) is 28.4 Å². The third kappa shape index (κ3) is 3.88. The molecule has 8 nitrogen and oxygen atoms in total. The van der Waals surface area contributed by atoms with Gasteiger partial charge in [-0.1, -0.05) is 25.1 Å². The van der Waals surface area contributed by atoms with Gasteiger partial charge in [0.1, 0.15) is 11.3 Å². The summed E-state index contributed by atoms with van der Waals surface area (Å²) in [6.45, 7) is 4.97. The zero-order valence-electron chi connectivity index (χ0n) is 19.3. The fraction of sp³-hybridized carbons (Fsp3) is 0.385. The second-order valence-corrected chi connectivity index (χ2v) is 9.15. The smallest absolute Gasteiger partial charge is 0.254 e. The minimum Gasteiger partial charge on any atom is -0.454 e. The second-order valence-electron chi connectivity index (χ2n) is 9.15. The van der Waals surface area contributed by atoms with Crippen molar-refractivity contribution < 1.29 is 9.21 Å². The first kappa shape index (κ1) is 21.0.